The summed E-state index contributed by atoms with van der Waals surface area (Å²) in [6.07, 6.45) is 0. The summed E-state index contributed by atoms with van der Waals surface area (Å²) in [7, 11) is 3.72. The van der Waals surface area contributed by atoms with E-state index in [1.165, 1.54) is 5.56 Å². The Bertz CT molecular complexity index is 881. The van der Waals surface area contributed by atoms with E-state index in [9.17, 15) is 0 Å². The molecule has 0 unspecified atom stereocenters. The van der Waals surface area contributed by atoms with Crippen LogP contribution in [0.2, 0.25) is 5.15 Å². The Morgan fingerprint density at radius 1 is 1.00 bits per heavy atom. The normalized spacial score (nSPS) is 11.1. The van der Waals surface area contributed by atoms with E-state index in [2.05, 4.69) is 35.1 Å². The van der Waals surface area contributed by atoms with Gasteiger partial charge in [-0.1, -0.05) is 23.7 Å². The molecule has 1 heterocycles. The first kappa shape index (κ1) is 18.5. The zero-order chi connectivity index (χ0) is 18.5. The summed E-state index contributed by atoms with van der Waals surface area (Å²) in [5.41, 5.74) is 3.08. The second-order valence-corrected chi connectivity index (χ2v) is 6.60. The molecule has 5 heteroatoms. The molecule has 0 amide bonds. The fraction of sp³-hybridized carbons (Fsp3) is 0.286. The smallest absolute Gasteiger partial charge is 0.134 e. The molecule has 0 fully saturated rings. The highest BCUT2D eigenvalue weighted by Gasteiger charge is 2.09. The van der Waals surface area contributed by atoms with E-state index in [4.69, 9.17) is 21.1 Å². The zero-order valence-corrected chi connectivity index (χ0v) is 16.1. The molecule has 0 atom stereocenters. The van der Waals surface area contributed by atoms with E-state index in [-0.39, 0.29) is 0 Å². The van der Waals surface area contributed by atoms with Crippen molar-refractivity contribution in [1.82, 2.24) is 9.88 Å². The zero-order valence-electron chi connectivity index (χ0n) is 15.3. The summed E-state index contributed by atoms with van der Waals surface area (Å²) in [5.74, 6) is 1.68. The van der Waals surface area contributed by atoms with E-state index in [0.29, 0.717) is 11.8 Å². The molecule has 3 aromatic rings. The van der Waals surface area contributed by atoms with Crippen LogP contribution in [0.25, 0.3) is 10.9 Å². The Morgan fingerprint density at radius 3 is 2.42 bits per heavy atom. The van der Waals surface area contributed by atoms with E-state index in [1.54, 1.807) is 7.11 Å². The van der Waals surface area contributed by atoms with Crippen LogP contribution in [-0.2, 0) is 13.1 Å². The average molecular weight is 371 g/mol. The number of aromatic nitrogens is 1. The molecule has 0 saturated carbocycles. The molecule has 0 aliphatic heterocycles. The van der Waals surface area contributed by atoms with Crippen molar-refractivity contribution in [3.8, 4) is 11.5 Å². The van der Waals surface area contributed by atoms with Gasteiger partial charge in [0.2, 0.25) is 0 Å². The predicted octanol–water partition coefficient (Wildman–Crippen LogP) is 4.93. The van der Waals surface area contributed by atoms with Crippen molar-refractivity contribution in [3.05, 3.63) is 64.8 Å². The van der Waals surface area contributed by atoms with E-state index < -0.39 is 0 Å². The minimum Gasteiger partial charge on any atom is -0.497 e. The second-order valence-electron chi connectivity index (χ2n) is 6.25. The topological polar surface area (TPSA) is 34.6 Å². The van der Waals surface area contributed by atoms with Crippen molar-refractivity contribution >= 4 is 22.5 Å². The molecule has 0 radical (unpaired) electrons. The van der Waals surface area contributed by atoms with E-state index in [0.717, 1.165) is 41.1 Å². The molecule has 4 nitrogen and oxygen atoms in total. The maximum absolute atomic E-state index is 6.41. The Morgan fingerprint density at radius 2 is 1.73 bits per heavy atom. The molecule has 3 rings (SSSR count). The van der Waals surface area contributed by atoms with Gasteiger partial charge in [-0.15, -0.1) is 0 Å². The fourth-order valence-corrected chi connectivity index (χ4v) is 3.13. The number of rotatable bonds is 7. The average Bonchev–Trinajstić information content (AvgIpc) is 2.64. The fourth-order valence-electron chi connectivity index (χ4n) is 2.92. The molecule has 0 bridgehead atoms. The van der Waals surface area contributed by atoms with Crippen molar-refractivity contribution < 1.29 is 9.47 Å². The van der Waals surface area contributed by atoms with Crippen LogP contribution in [0.1, 0.15) is 18.1 Å². The molecule has 0 spiro atoms. The van der Waals surface area contributed by atoms with Crippen LogP contribution < -0.4 is 9.47 Å². The molecule has 2 aromatic carbocycles. The minimum absolute atomic E-state index is 0.532. The molecule has 1 aromatic heterocycles. The quantitative estimate of drug-likeness (QED) is 0.552. The van der Waals surface area contributed by atoms with Gasteiger partial charge >= 0.3 is 0 Å². The Labute approximate surface area is 159 Å². The summed E-state index contributed by atoms with van der Waals surface area (Å²) in [5, 5.41) is 1.59. The Hall–Kier alpha value is -2.30. The van der Waals surface area contributed by atoms with Crippen LogP contribution in [0.5, 0.6) is 11.5 Å². The molecule has 0 aliphatic carbocycles. The number of pyridine rings is 1. The van der Waals surface area contributed by atoms with E-state index >= 15 is 0 Å². The first-order valence-corrected chi connectivity index (χ1v) is 9.00. The lowest BCUT2D eigenvalue weighted by Crippen LogP contribution is -2.17. The van der Waals surface area contributed by atoms with Crippen molar-refractivity contribution in [2.45, 2.75) is 20.0 Å². The first-order chi connectivity index (χ1) is 12.6. The van der Waals surface area contributed by atoms with Crippen LogP contribution in [-0.4, -0.2) is 30.6 Å². The van der Waals surface area contributed by atoms with Gasteiger partial charge in [-0.05, 0) is 49.9 Å². The highest BCUT2D eigenvalue weighted by atomic mass is 35.5. The summed E-state index contributed by atoms with van der Waals surface area (Å²) in [6.45, 7) is 4.21. The maximum Gasteiger partial charge on any atom is 0.134 e. The van der Waals surface area contributed by atoms with Crippen molar-refractivity contribution in [2.24, 2.45) is 0 Å². The Kier molecular flexibility index (Phi) is 5.96. The monoisotopic (exact) mass is 370 g/mol. The van der Waals surface area contributed by atoms with Gasteiger partial charge in [-0.3, -0.25) is 4.90 Å². The summed E-state index contributed by atoms with van der Waals surface area (Å²) < 4.78 is 10.7. The maximum atomic E-state index is 6.41. The van der Waals surface area contributed by atoms with Gasteiger partial charge in [0, 0.05) is 30.1 Å². The second kappa shape index (κ2) is 8.39. The molecule has 0 saturated heterocycles. The summed E-state index contributed by atoms with van der Waals surface area (Å²) in [4.78, 5) is 6.73. The number of ether oxygens (including phenoxy) is 2. The first-order valence-electron chi connectivity index (χ1n) is 8.62. The van der Waals surface area contributed by atoms with Crippen LogP contribution in [0.3, 0.4) is 0 Å². The summed E-state index contributed by atoms with van der Waals surface area (Å²) in [6, 6.07) is 16.1. The van der Waals surface area contributed by atoms with Gasteiger partial charge in [0.15, 0.2) is 0 Å². The molecule has 26 heavy (non-hydrogen) atoms. The number of fused-ring (bicyclic) bond motifs is 1. The Balaban J connectivity index is 1.72. The molecule has 0 aliphatic rings. The lowest BCUT2D eigenvalue weighted by molar-refractivity contribution is 0.318. The largest absolute Gasteiger partial charge is 0.497 e. The highest BCUT2D eigenvalue weighted by Crippen LogP contribution is 2.25. The number of methoxy groups -OCH3 is 1. The van der Waals surface area contributed by atoms with Gasteiger partial charge < -0.3 is 9.47 Å². The number of benzene rings is 2. The highest BCUT2D eigenvalue weighted by molar-refractivity contribution is 6.30. The standard InChI is InChI=1S/C21H23ClN2O2/c1-4-26-18-8-5-15(6-9-18)13-24(2)14-17-11-16-7-10-19(25-3)12-20(16)23-21(17)22/h5-12H,4,13-14H2,1-3H3. The number of hydrogen-bond donors (Lipinski definition) is 0. The van der Waals surface area contributed by atoms with Crippen molar-refractivity contribution in [3.63, 3.8) is 0 Å². The lowest BCUT2D eigenvalue weighted by Gasteiger charge is -2.18. The third-order valence-electron chi connectivity index (χ3n) is 4.18. The third kappa shape index (κ3) is 4.45. The minimum atomic E-state index is 0.532. The van der Waals surface area contributed by atoms with Crippen molar-refractivity contribution in [2.75, 3.05) is 20.8 Å². The van der Waals surface area contributed by atoms with Crippen LogP contribution in [0, 0.1) is 0 Å². The molecular weight excluding hydrogens is 348 g/mol. The summed E-state index contributed by atoms with van der Waals surface area (Å²) >= 11 is 6.41. The number of halogens is 1. The predicted molar refractivity (Wildman–Crippen MR) is 106 cm³/mol. The van der Waals surface area contributed by atoms with Gasteiger partial charge in [0.05, 0.1) is 19.2 Å². The molecule has 136 valence electrons. The SMILES string of the molecule is CCOc1ccc(CN(C)Cc2cc3ccc(OC)cc3nc2Cl)cc1. The number of nitrogens with zero attached hydrogens (tertiary/aromatic N) is 2. The van der Waals surface area contributed by atoms with Gasteiger partial charge in [-0.25, -0.2) is 4.98 Å². The van der Waals surface area contributed by atoms with Crippen LogP contribution >= 0.6 is 11.6 Å². The van der Waals surface area contributed by atoms with Crippen molar-refractivity contribution in [1.29, 1.82) is 0 Å². The van der Waals surface area contributed by atoms with Crippen LogP contribution in [0.15, 0.2) is 48.5 Å². The molecular formula is C21H23ClN2O2. The van der Waals surface area contributed by atoms with Crippen LogP contribution in [0.4, 0.5) is 0 Å². The third-order valence-corrected chi connectivity index (χ3v) is 4.51. The van der Waals surface area contributed by atoms with Gasteiger partial charge in [-0.2, -0.15) is 0 Å². The molecule has 0 N–H and O–H groups in total. The lowest BCUT2D eigenvalue weighted by atomic mass is 10.1. The van der Waals surface area contributed by atoms with E-state index in [1.807, 2.05) is 37.3 Å². The van der Waals surface area contributed by atoms with Gasteiger partial charge in [0.25, 0.3) is 0 Å². The number of hydrogen-bond acceptors (Lipinski definition) is 4. The van der Waals surface area contributed by atoms with Gasteiger partial charge in [0.1, 0.15) is 16.7 Å².